The van der Waals surface area contributed by atoms with E-state index in [2.05, 4.69) is 5.43 Å². The molecule has 0 aromatic heterocycles. The molecule has 1 rings (SSSR count). The van der Waals surface area contributed by atoms with Crippen molar-refractivity contribution in [3.63, 3.8) is 0 Å². The van der Waals surface area contributed by atoms with Crippen LogP contribution in [-0.4, -0.2) is 33.1 Å². The van der Waals surface area contributed by atoms with Crippen LogP contribution in [0.25, 0.3) is 0 Å². The van der Waals surface area contributed by atoms with Gasteiger partial charge in [0.25, 0.3) is 0 Å². The largest absolute Gasteiger partial charge is 0.496 e. The molecule has 0 saturated heterocycles. The van der Waals surface area contributed by atoms with E-state index in [1.54, 1.807) is 0 Å². The van der Waals surface area contributed by atoms with Crippen LogP contribution in [0.4, 0.5) is 0 Å². The molecule has 0 bridgehead atoms. The lowest BCUT2D eigenvalue weighted by Gasteiger charge is -2.15. The minimum absolute atomic E-state index is 0.0324. The third-order valence-electron chi connectivity index (χ3n) is 1.75. The van der Waals surface area contributed by atoms with Gasteiger partial charge in [0.1, 0.15) is 15.6 Å². The van der Waals surface area contributed by atoms with Crippen molar-refractivity contribution < 1.29 is 13.2 Å². The van der Waals surface area contributed by atoms with Gasteiger partial charge in [-0.15, -0.1) is 0 Å². The van der Waals surface area contributed by atoms with Gasteiger partial charge in [-0.1, -0.05) is 0 Å². The lowest BCUT2D eigenvalue weighted by atomic mass is 10.3. The predicted molar refractivity (Wildman–Crippen MR) is 49.5 cm³/mol. The van der Waals surface area contributed by atoms with E-state index in [1.165, 1.54) is 6.26 Å². The van der Waals surface area contributed by atoms with Gasteiger partial charge < -0.3 is 4.74 Å². The van der Waals surface area contributed by atoms with E-state index in [4.69, 9.17) is 10.6 Å². The minimum Gasteiger partial charge on any atom is -0.496 e. The molecule has 0 saturated carbocycles. The lowest BCUT2D eigenvalue weighted by molar-refractivity contribution is 0.219. The van der Waals surface area contributed by atoms with Gasteiger partial charge in [-0.25, -0.2) is 13.8 Å². The highest BCUT2D eigenvalue weighted by Crippen LogP contribution is 2.13. The van der Waals surface area contributed by atoms with E-state index in [0.29, 0.717) is 12.4 Å². The van der Waals surface area contributed by atoms with Crippen molar-refractivity contribution in [3.8, 4) is 0 Å². The van der Waals surface area contributed by atoms with Gasteiger partial charge in [-0.2, -0.15) is 0 Å². The van der Waals surface area contributed by atoms with Crippen LogP contribution in [0, 0.1) is 0 Å². The smallest absolute Gasteiger partial charge is 0.149 e. The summed E-state index contributed by atoms with van der Waals surface area (Å²) in [5.41, 5.74) is 2.43. The van der Waals surface area contributed by atoms with Crippen molar-refractivity contribution in [1.29, 1.82) is 0 Å². The Bertz CT molecular complexity index is 297. The Morgan fingerprint density at radius 2 is 2.46 bits per heavy atom. The van der Waals surface area contributed by atoms with Gasteiger partial charge in [0.2, 0.25) is 0 Å². The van der Waals surface area contributed by atoms with Crippen LogP contribution in [0.1, 0.15) is 6.42 Å². The molecule has 3 N–H and O–H groups in total. The first-order chi connectivity index (χ1) is 6.03. The molecule has 1 heterocycles. The van der Waals surface area contributed by atoms with Crippen LogP contribution in [0.2, 0.25) is 0 Å². The zero-order valence-electron chi connectivity index (χ0n) is 7.49. The average Bonchev–Trinajstić information content (AvgIpc) is 2.50. The molecule has 5 nitrogen and oxygen atoms in total. The van der Waals surface area contributed by atoms with Gasteiger partial charge in [0.15, 0.2) is 0 Å². The van der Waals surface area contributed by atoms with Gasteiger partial charge in [0.05, 0.1) is 18.4 Å². The molecule has 0 aromatic rings. The lowest BCUT2D eigenvalue weighted by Crippen LogP contribution is -2.41. The molecule has 0 aliphatic carbocycles. The first kappa shape index (κ1) is 10.5. The van der Waals surface area contributed by atoms with Crippen molar-refractivity contribution in [2.45, 2.75) is 12.5 Å². The fourth-order valence-electron chi connectivity index (χ4n) is 1.19. The molecule has 0 fully saturated rings. The summed E-state index contributed by atoms with van der Waals surface area (Å²) in [6.45, 7) is 0.608. The number of sulfone groups is 1. The summed E-state index contributed by atoms with van der Waals surface area (Å²) in [5.74, 6) is 5.82. The monoisotopic (exact) mass is 206 g/mol. The zero-order chi connectivity index (χ0) is 9.90. The summed E-state index contributed by atoms with van der Waals surface area (Å²) in [7, 11) is -3.04. The van der Waals surface area contributed by atoms with Crippen LogP contribution < -0.4 is 11.3 Å². The summed E-state index contributed by atoms with van der Waals surface area (Å²) >= 11 is 0. The molecule has 0 spiro atoms. The Morgan fingerprint density at radius 3 is 2.85 bits per heavy atom. The highest BCUT2D eigenvalue weighted by atomic mass is 32.2. The Labute approximate surface area is 77.8 Å². The number of hydrogen-bond donors (Lipinski definition) is 2. The second kappa shape index (κ2) is 4.08. The molecular weight excluding hydrogens is 192 g/mol. The van der Waals surface area contributed by atoms with Crippen molar-refractivity contribution in [2.24, 2.45) is 5.84 Å². The second-order valence-electron chi connectivity index (χ2n) is 3.06. The first-order valence-electron chi connectivity index (χ1n) is 3.99. The van der Waals surface area contributed by atoms with Crippen molar-refractivity contribution >= 4 is 9.84 Å². The standard InChI is InChI=1S/C7H14N2O3S/c1-13(10,11)5-6(9-8)7-3-2-4-12-7/h3,6,9H,2,4-5,8H2,1H3. The van der Waals surface area contributed by atoms with Crippen molar-refractivity contribution in [3.05, 3.63) is 11.8 Å². The fraction of sp³-hybridized carbons (Fsp3) is 0.714. The Morgan fingerprint density at radius 1 is 1.77 bits per heavy atom. The molecule has 1 aliphatic heterocycles. The van der Waals surface area contributed by atoms with Gasteiger partial charge in [-0.3, -0.25) is 5.84 Å². The van der Waals surface area contributed by atoms with E-state index < -0.39 is 15.9 Å². The highest BCUT2D eigenvalue weighted by molar-refractivity contribution is 7.90. The summed E-state index contributed by atoms with van der Waals surface area (Å²) < 4.78 is 27.2. The third kappa shape index (κ3) is 3.33. The normalized spacial score (nSPS) is 19.4. The van der Waals surface area contributed by atoms with Crippen LogP contribution in [-0.2, 0) is 14.6 Å². The molecule has 13 heavy (non-hydrogen) atoms. The third-order valence-corrected chi connectivity index (χ3v) is 2.68. The molecular formula is C7H14N2O3S. The topological polar surface area (TPSA) is 81.4 Å². The van der Waals surface area contributed by atoms with Crippen LogP contribution in [0.15, 0.2) is 11.8 Å². The van der Waals surface area contributed by atoms with Crippen LogP contribution >= 0.6 is 0 Å². The van der Waals surface area contributed by atoms with E-state index in [1.807, 2.05) is 6.08 Å². The van der Waals surface area contributed by atoms with Gasteiger partial charge >= 0.3 is 0 Å². The Balaban J connectivity index is 2.62. The number of nitrogens with one attached hydrogen (secondary N) is 1. The fourth-order valence-corrected chi connectivity index (χ4v) is 2.06. The molecule has 0 radical (unpaired) electrons. The summed E-state index contributed by atoms with van der Waals surface area (Å²) in [4.78, 5) is 0. The molecule has 76 valence electrons. The molecule has 0 aromatic carbocycles. The maximum absolute atomic E-state index is 11.0. The van der Waals surface area contributed by atoms with Crippen molar-refractivity contribution in [1.82, 2.24) is 5.43 Å². The Kier molecular flexibility index (Phi) is 3.29. The second-order valence-corrected chi connectivity index (χ2v) is 5.24. The van der Waals surface area contributed by atoms with Gasteiger partial charge in [0, 0.05) is 12.7 Å². The molecule has 6 heteroatoms. The Hall–Kier alpha value is -0.590. The number of nitrogens with two attached hydrogens (primary N) is 1. The molecule has 0 amide bonds. The van der Waals surface area contributed by atoms with Crippen LogP contribution in [0.5, 0.6) is 0 Å². The summed E-state index contributed by atoms with van der Waals surface area (Å²) in [5, 5.41) is 0. The predicted octanol–water partition coefficient (Wildman–Crippen LogP) is -0.833. The van der Waals surface area contributed by atoms with Crippen LogP contribution in [0.3, 0.4) is 0 Å². The van der Waals surface area contributed by atoms with E-state index >= 15 is 0 Å². The number of hydrogen-bond acceptors (Lipinski definition) is 5. The van der Waals surface area contributed by atoms with E-state index in [9.17, 15) is 8.42 Å². The zero-order valence-corrected chi connectivity index (χ0v) is 8.30. The molecule has 1 atom stereocenters. The van der Waals surface area contributed by atoms with Crippen molar-refractivity contribution in [2.75, 3.05) is 18.6 Å². The maximum Gasteiger partial charge on any atom is 0.149 e. The maximum atomic E-state index is 11.0. The number of ether oxygens (including phenoxy) is 1. The minimum atomic E-state index is -3.04. The van der Waals surface area contributed by atoms with E-state index in [0.717, 1.165) is 6.42 Å². The average molecular weight is 206 g/mol. The number of hydrazine groups is 1. The van der Waals surface area contributed by atoms with Gasteiger partial charge in [-0.05, 0) is 6.08 Å². The quantitative estimate of drug-likeness (QED) is 0.463. The first-order valence-corrected chi connectivity index (χ1v) is 6.05. The SMILES string of the molecule is CS(=O)(=O)CC(NN)C1=CCCO1. The van der Waals surface area contributed by atoms with E-state index in [-0.39, 0.29) is 5.75 Å². The number of rotatable bonds is 4. The summed E-state index contributed by atoms with van der Waals surface area (Å²) in [6, 6.07) is -0.419. The molecule has 1 aliphatic rings. The summed E-state index contributed by atoms with van der Waals surface area (Å²) in [6.07, 6.45) is 3.85. The highest BCUT2D eigenvalue weighted by Gasteiger charge is 2.21. The molecule has 1 unspecified atom stereocenters.